The summed E-state index contributed by atoms with van der Waals surface area (Å²) in [6.45, 7) is 3.59. The third-order valence-corrected chi connectivity index (χ3v) is 2.91. The number of fused-ring (bicyclic) bond motifs is 1. The second-order valence-corrected chi connectivity index (χ2v) is 3.92. The molecule has 1 N–H and O–H groups in total. The van der Waals surface area contributed by atoms with Crippen LogP contribution in [-0.4, -0.2) is 4.98 Å². The SMILES string of the molecule is CCc1cc(F)c2[nH]c(=O)c(C#N)c(C)c2c1. The fourth-order valence-electron chi connectivity index (χ4n) is 1.91. The maximum Gasteiger partial charge on any atom is 0.266 e. The average molecular weight is 230 g/mol. The van der Waals surface area contributed by atoms with Gasteiger partial charge in [0.2, 0.25) is 0 Å². The molecule has 0 saturated carbocycles. The molecule has 1 heterocycles. The van der Waals surface area contributed by atoms with E-state index in [1.807, 2.05) is 19.1 Å². The number of nitrogens with zero attached hydrogens (tertiary/aromatic N) is 1. The number of benzene rings is 1. The number of H-pyrrole nitrogens is 1. The molecule has 2 rings (SSSR count). The second kappa shape index (κ2) is 4.02. The predicted octanol–water partition coefficient (Wildman–Crippen LogP) is 2.41. The van der Waals surface area contributed by atoms with E-state index in [1.54, 1.807) is 6.92 Å². The Bertz CT molecular complexity index is 695. The fourth-order valence-corrected chi connectivity index (χ4v) is 1.91. The summed E-state index contributed by atoms with van der Waals surface area (Å²) >= 11 is 0. The van der Waals surface area contributed by atoms with Gasteiger partial charge in [0.1, 0.15) is 17.4 Å². The van der Waals surface area contributed by atoms with Gasteiger partial charge in [-0.1, -0.05) is 6.92 Å². The molecule has 4 heteroatoms. The number of hydrogen-bond acceptors (Lipinski definition) is 2. The van der Waals surface area contributed by atoms with Gasteiger partial charge in [0.05, 0.1) is 5.52 Å². The number of rotatable bonds is 1. The number of halogens is 1. The van der Waals surface area contributed by atoms with Crippen LogP contribution in [0.2, 0.25) is 0 Å². The quantitative estimate of drug-likeness (QED) is 0.817. The van der Waals surface area contributed by atoms with E-state index in [-0.39, 0.29) is 11.1 Å². The summed E-state index contributed by atoms with van der Waals surface area (Å²) in [6, 6.07) is 5.06. The molecule has 2 aromatic rings. The summed E-state index contributed by atoms with van der Waals surface area (Å²) in [7, 11) is 0. The molecule has 0 aliphatic heterocycles. The van der Waals surface area contributed by atoms with Crippen molar-refractivity contribution in [2.24, 2.45) is 0 Å². The number of aromatic nitrogens is 1. The van der Waals surface area contributed by atoms with E-state index in [4.69, 9.17) is 5.26 Å². The van der Waals surface area contributed by atoms with E-state index >= 15 is 0 Å². The van der Waals surface area contributed by atoms with Crippen LogP contribution < -0.4 is 5.56 Å². The Kier molecular flexibility index (Phi) is 2.68. The van der Waals surface area contributed by atoms with E-state index in [0.29, 0.717) is 17.4 Å². The maximum atomic E-state index is 13.8. The van der Waals surface area contributed by atoms with Gasteiger partial charge >= 0.3 is 0 Å². The van der Waals surface area contributed by atoms with Crippen molar-refractivity contribution in [3.63, 3.8) is 0 Å². The van der Waals surface area contributed by atoms with Gasteiger partial charge in [-0.25, -0.2) is 4.39 Å². The summed E-state index contributed by atoms with van der Waals surface area (Å²) in [6.07, 6.45) is 0.702. The lowest BCUT2D eigenvalue weighted by molar-refractivity contribution is 0.634. The normalized spacial score (nSPS) is 10.5. The highest BCUT2D eigenvalue weighted by Gasteiger charge is 2.12. The zero-order chi connectivity index (χ0) is 12.6. The van der Waals surface area contributed by atoms with Crippen LogP contribution in [0.25, 0.3) is 10.9 Å². The van der Waals surface area contributed by atoms with E-state index in [9.17, 15) is 9.18 Å². The Morgan fingerprint density at radius 2 is 2.18 bits per heavy atom. The van der Waals surface area contributed by atoms with Crippen LogP contribution in [0.1, 0.15) is 23.6 Å². The van der Waals surface area contributed by atoms with Crippen LogP contribution in [0.3, 0.4) is 0 Å². The van der Waals surface area contributed by atoms with Crippen LogP contribution >= 0.6 is 0 Å². The average Bonchev–Trinajstić information content (AvgIpc) is 2.31. The van der Waals surface area contributed by atoms with Crippen LogP contribution in [0.4, 0.5) is 4.39 Å². The van der Waals surface area contributed by atoms with Crippen molar-refractivity contribution in [2.75, 3.05) is 0 Å². The number of nitrogens with one attached hydrogen (secondary N) is 1. The highest BCUT2D eigenvalue weighted by atomic mass is 19.1. The molecular formula is C13H11FN2O. The summed E-state index contributed by atoms with van der Waals surface area (Å²) in [4.78, 5) is 14.0. The van der Waals surface area contributed by atoms with E-state index in [1.165, 1.54) is 6.07 Å². The second-order valence-electron chi connectivity index (χ2n) is 3.92. The van der Waals surface area contributed by atoms with Crippen LogP contribution in [0.5, 0.6) is 0 Å². The first-order valence-corrected chi connectivity index (χ1v) is 5.33. The first-order valence-electron chi connectivity index (χ1n) is 5.33. The molecule has 1 aromatic heterocycles. The van der Waals surface area contributed by atoms with Crippen molar-refractivity contribution < 1.29 is 4.39 Å². The third kappa shape index (κ3) is 1.70. The van der Waals surface area contributed by atoms with Gasteiger partial charge in [-0.15, -0.1) is 0 Å². The molecule has 0 bridgehead atoms. The molecule has 0 amide bonds. The largest absolute Gasteiger partial charge is 0.318 e. The lowest BCUT2D eigenvalue weighted by atomic mass is 10.0. The summed E-state index contributed by atoms with van der Waals surface area (Å²) in [5, 5.41) is 9.49. The minimum absolute atomic E-state index is 0.0464. The molecule has 17 heavy (non-hydrogen) atoms. The number of nitriles is 1. The Morgan fingerprint density at radius 3 is 2.76 bits per heavy atom. The molecule has 1 aromatic carbocycles. The van der Waals surface area contributed by atoms with Crippen molar-refractivity contribution in [3.8, 4) is 6.07 Å². The molecule has 86 valence electrons. The van der Waals surface area contributed by atoms with E-state index in [2.05, 4.69) is 4.98 Å². The summed E-state index contributed by atoms with van der Waals surface area (Å²) in [5.41, 5.74) is 1.05. The lowest BCUT2D eigenvalue weighted by Crippen LogP contribution is -2.13. The third-order valence-electron chi connectivity index (χ3n) is 2.91. The van der Waals surface area contributed by atoms with Gasteiger partial charge < -0.3 is 4.98 Å². The summed E-state index contributed by atoms with van der Waals surface area (Å²) < 4.78 is 13.8. The summed E-state index contributed by atoms with van der Waals surface area (Å²) in [5.74, 6) is -0.455. The molecule has 0 unspecified atom stereocenters. The Morgan fingerprint density at radius 1 is 1.47 bits per heavy atom. The fraction of sp³-hybridized carbons (Fsp3) is 0.231. The van der Waals surface area contributed by atoms with Gasteiger partial charge in [-0.2, -0.15) is 5.26 Å². The first kappa shape index (κ1) is 11.3. The highest BCUT2D eigenvalue weighted by Crippen LogP contribution is 2.22. The molecule has 0 fully saturated rings. The van der Waals surface area contributed by atoms with Gasteiger partial charge in [0, 0.05) is 5.39 Å². The van der Waals surface area contributed by atoms with Crippen molar-refractivity contribution in [2.45, 2.75) is 20.3 Å². The topological polar surface area (TPSA) is 56.6 Å². The molecule has 0 aliphatic rings. The van der Waals surface area contributed by atoms with Crippen LogP contribution in [-0.2, 0) is 6.42 Å². The molecule has 0 spiro atoms. The number of pyridine rings is 1. The standard InChI is InChI=1S/C13H11FN2O/c1-3-8-4-9-7(2)10(6-15)13(17)16-12(9)11(14)5-8/h4-5H,3H2,1-2H3,(H,16,17). The maximum absolute atomic E-state index is 13.8. The van der Waals surface area contributed by atoms with Gasteiger partial charge in [-0.3, -0.25) is 4.79 Å². The van der Waals surface area contributed by atoms with Gasteiger partial charge in [0.15, 0.2) is 0 Å². The molecule has 3 nitrogen and oxygen atoms in total. The van der Waals surface area contributed by atoms with Crippen molar-refractivity contribution in [1.82, 2.24) is 4.98 Å². The Balaban J connectivity index is 2.99. The van der Waals surface area contributed by atoms with Crippen LogP contribution in [0.15, 0.2) is 16.9 Å². The van der Waals surface area contributed by atoms with Gasteiger partial charge in [0.25, 0.3) is 5.56 Å². The smallest absolute Gasteiger partial charge is 0.266 e. The highest BCUT2D eigenvalue weighted by molar-refractivity contribution is 5.84. The van der Waals surface area contributed by atoms with Crippen molar-refractivity contribution in [3.05, 3.63) is 45.0 Å². The predicted molar refractivity (Wildman–Crippen MR) is 63.4 cm³/mol. The van der Waals surface area contributed by atoms with Crippen LogP contribution in [0, 0.1) is 24.1 Å². The minimum Gasteiger partial charge on any atom is -0.318 e. The van der Waals surface area contributed by atoms with Gasteiger partial charge in [-0.05, 0) is 36.6 Å². The molecular weight excluding hydrogens is 219 g/mol. The number of aryl methyl sites for hydroxylation is 2. The van der Waals surface area contributed by atoms with E-state index < -0.39 is 11.4 Å². The number of aromatic amines is 1. The Labute approximate surface area is 97.5 Å². The van der Waals surface area contributed by atoms with E-state index in [0.717, 1.165) is 5.56 Å². The zero-order valence-electron chi connectivity index (χ0n) is 9.60. The molecule has 0 saturated heterocycles. The molecule has 0 aliphatic carbocycles. The molecule has 0 radical (unpaired) electrons. The van der Waals surface area contributed by atoms with Crippen molar-refractivity contribution >= 4 is 10.9 Å². The Hall–Kier alpha value is -2.15. The first-order chi connectivity index (χ1) is 8.08. The molecule has 0 atom stereocenters. The minimum atomic E-state index is -0.541. The zero-order valence-corrected chi connectivity index (χ0v) is 9.60. The monoisotopic (exact) mass is 230 g/mol. The number of hydrogen-bond donors (Lipinski definition) is 1. The van der Waals surface area contributed by atoms with Crippen molar-refractivity contribution in [1.29, 1.82) is 5.26 Å². The lowest BCUT2D eigenvalue weighted by Gasteiger charge is -2.07.